The lowest BCUT2D eigenvalue weighted by molar-refractivity contribution is 0.757. The van der Waals surface area contributed by atoms with Gasteiger partial charge in [-0.2, -0.15) is 5.26 Å². The van der Waals surface area contributed by atoms with Crippen molar-refractivity contribution in [2.24, 2.45) is 0 Å². The van der Waals surface area contributed by atoms with E-state index in [2.05, 4.69) is 20.9 Å². The summed E-state index contributed by atoms with van der Waals surface area (Å²) in [5, 5.41) is 8.95. The minimum Gasteiger partial charge on any atom is -0.399 e. The maximum atomic E-state index is 8.95. The summed E-state index contributed by atoms with van der Waals surface area (Å²) in [4.78, 5) is 10.8. The summed E-state index contributed by atoms with van der Waals surface area (Å²) < 4.78 is 0. The molecular weight excluding hydrogens is 250 g/mol. The summed E-state index contributed by atoms with van der Waals surface area (Å²) in [6.45, 7) is 0.736. The molecule has 100 valence electrons. The molecule has 1 heterocycles. The van der Waals surface area contributed by atoms with Crippen LogP contribution in [0.4, 0.5) is 11.6 Å². The highest BCUT2D eigenvalue weighted by molar-refractivity contribution is 5.42. The van der Waals surface area contributed by atoms with Crippen LogP contribution in [0.1, 0.15) is 24.1 Å². The minimum atomic E-state index is 0.401. The molecular formula is C15H15N5. The fraction of sp³-hybridized carbons (Fsp3) is 0.267. The molecule has 0 amide bonds. The molecule has 1 saturated carbocycles. The summed E-state index contributed by atoms with van der Waals surface area (Å²) in [5.41, 5.74) is 8.03. The van der Waals surface area contributed by atoms with Gasteiger partial charge in [0.15, 0.2) is 0 Å². The van der Waals surface area contributed by atoms with E-state index in [1.165, 1.54) is 0 Å². The molecule has 1 aromatic heterocycles. The van der Waals surface area contributed by atoms with Crippen LogP contribution in [0.5, 0.6) is 0 Å². The van der Waals surface area contributed by atoms with Crippen LogP contribution in [0.3, 0.4) is 0 Å². The first-order chi connectivity index (χ1) is 9.76. The largest absolute Gasteiger partial charge is 0.399 e. The lowest BCUT2D eigenvalue weighted by atomic mass is 10.2. The maximum Gasteiger partial charge on any atom is 0.227 e. The predicted octanol–water partition coefficient (Wildman–Crippen LogP) is 2.10. The quantitative estimate of drug-likeness (QED) is 0.856. The predicted molar refractivity (Wildman–Crippen MR) is 76.8 cm³/mol. The second-order valence-corrected chi connectivity index (χ2v) is 4.95. The Labute approximate surface area is 117 Å². The van der Waals surface area contributed by atoms with E-state index in [0.29, 0.717) is 17.7 Å². The Balaban J connectivity index is 1.85. The van der Waals surface area contributed by atoms with E-state index in [4.69, 9.17) is 11.0 Å². The highest BCUT2D eigenvalue weighted by Gasteiger charge is 2.31. The Hall–Kier alpha value is -2.61. The topological polar surface area (TPSA) is 78.8 Å². The number of nitrogen functional groups attached to an aromatic ring is 1. The number of aromatic nitrogens is 2. The van der Waals surface area contributed by atoms with Crippen molar-refractivity contribution in [3.63, 3.8) is 0 Å². The van der Waals surface area contributed by atoms with Gasteiger partial charge < -0.3 is 10.6 Å². The zero-order valence-electron chi connectivity index (χ0n) is 11.0. The lowest BCUT2D eigenvalue weighted by Crippen LogP contribution is -2.27. The Bertz CT molecular complexity index is 640. The van der Waals surface area contributed by atoms with E-state index in [0.717, 1.165) is 30.6 Å². The summed E-state index contributed by atoms with van der Waals surface area (Å²) in [6, 6.07) is 12.0. The fourth-order valence-electron chi connectivity index (χ4n) is 2.12. The Morgan fingerprint density at radius 1 is 1.25 bits per heavy atom. The first kappa shape index (κ1) is 12.4. The zero-order chi connectivity index (χ0) is 13.9. The van der Waals surface area contributed by atoms with Crippen LogP contribution < -0.4 is 10.6 Å². The van der Waals surface area contributed by atoms with Crippen LogP contribution in [-0.2, 0) is 6.54 Å². The van der Waals surface area contributed by atoms with Gasteiger partial charge in [0.2, 0.25) is 5.95 Å². The smallest absolute Gasteiger partial charge is 0.227 e. The third-order valence-electron chi connectivity index (χ3n) is 3.33. The zero-order valence-corrected chi connectivity index (χ0v) is 11.0. The molecule has 1 fully saturated rings. The second-order valence-electron chi connectivity index (χ2n) is 4.95. The number of benzene rings is 1. The number of hydrogen-bond donors (Lipinski definition) is 1. The molecule has 0 bridgehead atoms. The average molecular weight is 265 g/mol. The van der Waals surface area contributed by atoms with Gasteiger partial charge in [-0.1, -0.05) is 12.1 Å². The third kappa shape index (κ3) is 2.69. The molecule has 0 atom stereocenters. The molecule has 5 nitrogen and oxygen atoms in total. The maximum absolute atomic E-state index is 8.95. The molecule has 3 rings (SSSR count). The van der Waals surface area contributed by atoms with Crippen molar-refractivity contribution in [3.8, 4) is 6.07 Å². The highest BCUT2D eigenvalue weighted by Crippen LogP contribution is 2.31. The van der Waals surface area contributed by atoms with Crippen molar-refractivity contribution >= 4 is 11.6 Å². The van der Waals surface area contributed by atoms with Gasteiger partial charge >= 0.3 is 0 Å². The normalized spacial score (nSPS) is 13.8. The second kappa shape index (κ2) is 5.17. The summed E-state index contributed by atoms with van der Waals surface area (Å²) >= 11 is 0. The first-order valence-electron chi connectivity index (χ1n) is 6.60. The van der Waals surface area contributed by atoms with Crippen LogP contribution in [0.25, 0.3) is 0 Å². The summed E-state index contributed by atoms with van der Waals surface area (Å²) in [5.74, 6) is 0.628. The Morgan fingerprint density at radius 3 is 2.65 bits per heavy atom. The Morgan fingerprint density at radius 2 is 2.00 bits per heavy atom. The monoisotopic (exact) mass is 265 g/mol. The Kier molecular flexibility index (Phi) is 3.21. The van der Waals surface area contributed by atoms with Gasteiger partial charge in [0.05, 0.1) is 0 Å². The third-order valence-corrected chi connectivity index (χ3v) is 3.33. The van der Waals surface area contributed by atoms with Crippen LogP contribution in [0, 0.1) is 11.3 Å². The van der Waals surface area contributed by atoms with Gasteiger partial charge in [0.25, 0.3) is 0 Å². The van der Waals surface area contributed by atoms with E-state index in [9.17, 15) is 0 Å². The number of nitrogens with zero attached hydrogens (tertiary/aromatic N) is 4. The number of hydrogen-bond acceptors (Lipinski definition) is 5. The molecule has 20 heavy (non-hydrogen) atoms. The summed E-state index contributed by atoms with van der Waals surface area (Å²) in [6.07, 6.45) is 3.93. The van der Waals surface area contributed by atoms with Crippen LogP contribution in [0.2, 0.25) is 0 Å². The fourth-order valence-corrected chi connectivity index (χ4v) is 2.12. The van der Waals surface area contributed by atoms with Crippen molar-refractivity contribution in [3.05, 3.63) is 47.8 Å². The molecule has 0 unspecified atom stereocenters. The van der Waals surface area contributed by atoms with Crippen molar-refractivity contribution in [2.75, 3.05) is 10.6 Å². The summed E-state index contributed by atoms with van der Waals surface area (Å²) in [7, 11) is 0. The van der Waals surface area contributed by atoms with Gasteiger partial charge in [0, 0.05) is 24.5 Å². The van der Waals surface area contributed by atoms with Gasteiger partial charge in [-0.05, 0) is 36.6 Å². The van der Waals surface area contributed by atoms with Crippen LogP contribution in [0.15, 0.2) is 36.5 Å². The number of rotatable bonds is 4. The van der Waals surface area contributed by atoms with Gasteiger partial charge in [-0.3, -0.25) is 0 Å². The number of nitrogens with two attached hydrogens (primary N) is 1. The van der Waals surface area contributed by atoms with Crippen molar-refractivity contribution in [2.45, 2.75) is 25.4 Å². The van der Waals surface area contributed by atoms with E-state index in [1.54, 1.807) is 12.3 Å². The number of anilines is 2. The average Bonchev–Trinajstić information content (AvgIpc) is 3.31. The van der Waals surface area contributed by atoms with E-state index < -0.39 is 0 Å². The molecule has 0 spiro atoms. The minimum absolute atomic E-state index is 0.401. The van der Waals surface area contributed by atoms with Gasteiger partial charge in [-0.15, -0.1) is 0 Å². The van der Waals surface area contributed by atoms with Gasteiger partial charge in [0.1, 0.15) is 11.8 Å². The molecule has 0 radical (unpaired) electrons. The molecule has 1 aromatic carbocycles. The van der Waals surface area contributed by atoms with Gasteiger partial charge in [-0.25, -0.2) is 9.97 Å². The molecule has 2 aromatic rings. The molecule has 1 aliphatic carbocycles. The number of nitriles is 1. The highest BCUT2D eigenvalue weighted by atomic mass is 15.3. The van der Waals surface area contributed by atoms with Crippen molar-refractivity contribution < 1.29 is 0 Å². The van der Waals surface area contributed by atoms with Crippen LogP contribution in [-0.4, -0.2) is 16.0 Å². The molecule has 0 aliphatic heterocycles. The molecule has 0 saturated heterocycles. The SMILES string of the molecule is N#Cc1ccnc(N(Cc2ccc(N)cc2)C2CC2)n1. The standard InChI is InChI=1S/C15H15N5/c16-9-13-7-8-18-15(19-13)20(14-5-6-14)10-11-1-3-12(17)4-2-11/h1-4,7-8,14H,5-6,10,17H2. The van der Waals surface area contributed by atoms with E-state index >= 15 is 0 Å². The first-order valence-corrected chi connectivity index (χ1v) is 6.60. The lowest BCUT2D eigenvalue weighted by Gasteiger charge is -2.22. The molecule has 1 aliphatic rings. The molecule has 2 N–H and O–H groups in total. The van der Waals surface area contributed by atoms with Crippen LogP contribution >= 0.6 is 0 Å². The molecule has 5 heteroatoms. The van der Waals surface area contributed by atoms with E-state index in [1.807, 2.05) is 24.3 Å². The van der Waals surface area contributed by atoms with Crippen molar-refractivity contribution in [1.82, 2.24) is 9.97 Å². The van der Waals surface area contributed by atoms with Crippen molar-refractivity contribution in [1.29, 1.82) is 5.26 Å². The van der Waals surface area contributed by atoms with E-state index in [-0.39, 0.29) is 0 Å².